The second-order valence-corrected chi connectivity index (χ2v) is 11.5. The summed E-state index contributed by atoms with van der Waals surface area (Å²) in [7, 11) is -9.09. The van der Waals surface area contributed by atoms with Gasteiger partial charge in [-0.25, -0.2) is 0 Å². The minimum atomic E-state index is -4.57. The first-order valence-corrected chi connectivity index (χ1v) is 12.0. The maximum Gasteiger partial charge on any atom is 0.294 e. The minimum Gasteiger partial charge on any atom is -0.282 e. The Bertz CT molecular complexity index is 1200. The standard InChI is InChI=1S/C21H28O6S2/c1-8-12(2)19-14(4)20-15(10-18(19)29(25,26)27)9-17(28(22,23)24)13(3)16(20)11-21(5,6)7/h8-10,12H,1,11H2,2-7H3,(H,22,23,24)(H,25,26,27). The maximum absolute atomic E-state index is 12.1. The van der Waals surface area contributed by atoms with Gasteiger partial charge in [-0.1, -0.05) is 33.8 Å². The van der Waals surface area contributed by atoms with E-state index >= 15 is 0 Å². The fourth-order valence-electron chi connectivity index (χ4n) is 3.84. The summed E-state index contributed by atoms with van der Waals surface area (Å²) >= 11 is 0. The van der Waals surface area contributed by atoms with E-state index in [9.17, 15) is 25.9 Å². The number of fused-ring (bicyclic) bond motifs is 1. The highest BCUT2D eigenvalue weighted by atomic mass is 32.2. The van der Waals surface area contributed by atoms with Crippen LogP contribution in [0.25, 0.3) is 10.8 Å². The molecule has 0 aromatic heterocycles. The van der Waals surface area contributed by atoms with E-state index in [1.54, 1.807) is 26.8 Å². The topological polar surface area (TPSA) is 109 Å². The van der Waals surface area contributed by atoms with Crippen LogP contribution in [0.1, 0.15) is 55.9 Å². The molecule has 2 aromatic rings. The van der Waals surface area contributed by atoms with E-state index in [1.807, 2.05) is 20.8 Å². The highest BCUT2D eigenvalue weighted by Gasteiger charge is 2.28. The number of rotatable bonds is 5. The first-order valence-electron chi connectivity index (χ1n) is 9.16. The zero-order chi connectivity index (χ0) is 22.5. The van der Waals surface area contributed by atoms with Crippen molar-refractivity contribution in [2.45, 2.75) is 63.7 Å². The summed E-state index contributed by atoms with van der Waals surface area (Å²) in [5.74, 6) is -0.361. The summed E-state index contributed by atoms with van der Waals surface area (Å²) in [6.07, 6.45) is 2.10. The van der Waals surface area contributed by atoms with Crippen molar-refractivity contribution in [3.05, 3.63) is 47.0 Å². The Balaban J connectivity index is 3.21. The molecule has 2 N–H and O–H groups in total. The molecule has 8 heteroatoms. The minimum absolute atomic E-state index is 0.200. The summed E-state index contributed by atoms with van der Waals surface area (Å²) in [5, 5.41) is 1.05. The smallest absolute Gasteiger partial charge is 0.282 e. The van der Waals surface area contributed by atoms with Gasteiger partial charge in [0.1, 0.15) is 0 Å². The van der Waals surface area contributed by atoms with Crippen molar-refractivity contribution in [1.82, 2.24) is 0 Å². The molecule has 6 nitrogen and oxygen atoms in total. The zero-order valence-corrected chi connectivity index (χ0v) is 19.2. The van der Waals surface area contributed by atoms with Gasteiger partial charge < -0.3 is 0 Å². The van der Waals surface area contributed by atoms with E-state index in [4.69, 9.17) is 0 Å². The summed E-state index contributed by atoms with van der Waals surface area (Å²) < 4.78 is 67.7. The molecule has 0 saturated carbocycles. The van der Waals surface area contributed by atoms with Gasteiger partial charge in [0.2, 0.25) is 0 Å². The Labute approximate surface area is 173 Å². The molecule has 2 rings (SSSR count). The largest absolute Gasteiger partial charge is 0.294 e. The lowest BCUT2D eigenvalue weighted by molar-refractivity contribution is 0.411. The molecular formula is C21H28O6S2. The second kappa shape index (κ2) is 7.50. The molecule has 0 bridgehead atoms. The van der Waals surface area contributed by atoms with Gasteiger partial charge in [-0.2, -0.15) is 16.8 Å². The van der Waals surface area contributed by atoms with Gasteiger partial charge in [0, 0.05) is 5.92 Å². The molecule has 0 saturated heterocycles. The number of aryl methyl sites for hydroxylation is 1. The highest BCUT2D eigenvalue weighted by molar-refractivity contribution is 7.86. The number of benzene rings is 2. The van der Waals surface area contributed by atoms with E-state index in [1.165, 1.54) is 12.1 Å². The third-order valence-corrected chi connectivity index (χ3v) is 6.98. The molecule has 0 radical (unpaired) electrons. The van der Waals surface area contributed by atoms with E-state index in [-0.39, 0.29) is 21.1 Å². The molecule has 0 aliphatic carbocycles. The highest BCUT2D eigenvalue weighted by Crippen LogP contribution is 2.40. The van der Waals surface area contributed by atoms with Gasteiger partial charge in [0.05, 0.1) is 9.79 Å². The molecular weight excluding hydrogens is 412 g/mol. The van der Waals surface area contributed by atoms with E-state index in [2.05, 4.69) is 6.58 Å². The van der Waals surface area contributed by atoms with Gasteiger partial charge in [0.15, 0.2) is 0 Å². The molecule has 29 heavy (non-hydrogen) atoms. The van der Waals surface area contributed by atoms with E-state index < -0.39 is 20.2 Å². The van der Waals surface area contributed by atoms with Gasteiger partial charge in [0.25, 0.3) is 20.2 Å². The lowest BCUT2D eigenvalue weighted by Gasteiger charge is -2.25. The Morgan fingerprint density at radius 1 is 1.00 bits per heavy atom. The normalized spacial score (nSPS) is 14.2. The third kappa shape index (κ3) is 4.71. The average molecular weight is 441 g/mol. The van der Waals surface area contributed by atoms with Crippen LogP contribution in [-0.2, 0) is 26.7 Å². The molecule has 0 amide bonds. The SMILES string of the molecule is C=CC(C)c1c(S(=O)(=O)O)cc2cc(S(=O)(=O)O)c(C)c(CC(C)(C)C)c2c1C. The van der Waals surface area contributed by atoms with Gasteiger partial charge in [-0.15, -0.1) is 6.58 Å². The molecule has 0 aliphatic rings. The zero-order valence-electron chi connectivity index (χ0n) is 17.6. The molecule has 0 fully saturated rings. The van der Waals surface area contributed by atoms with Crippen LogP contribution >= 0.6 is 0 Å². The quantitative estimate of drug-likeness (QED) is 0.509. The van der Waals surface area contributed by atoms with Crippen molar-refractivity contribution in [3.63, 3.8) is 0 Å². The van der Waals surface area contributed by atoms with Crippen molar-refractivity contribution in [1.29, 1.82) is 0 Å². The van der Waals surface area contributed by atoms with Crippen molar-refractivity contribution >= 4 is 31.0 Å². The van der Waals surface area contributed by atoms with Crippen molar-refractivity contribution in [3.8, 4) is 0 Å². The van der Waals surface area contributed by atoms with Crippen LogP contribution in [0, 0.1) is 19.3 Å². The summed E-state index contributed by atoms with van der Waals surface area (Å²) in [4.78, 5) is -0.559. The first kappa shape index (κ1) is 23.5. The van der Waals surface area contributed by atoms with Crippen LogP contribution < -0.4 is 0 Å². The Hall–Kier alpha value is -1.74. The van der Waals surface area contributed by atoms with Gasteiger partial charge >= 0.3 is 0 Å². The Morgan fingerprint density at radius 2 is 1.48 bits per heavy atom. The molecule has 1 atom stereocenters. The summed E-state index contributed by atoms with van der Waals surface area (Å²) in [5.41, 5.74) is 2.00. The fraction of sp³-hybridized carbons (Fsp3) is 0.429. The molecule has 0 spiro atoms. The first-order chi connectivity index (χ1) is 13.0. The molecule has 0 heterocycles. The predicted octanol–water partition coefficient (Wildman–Crippen LogP) is 4.83. The predicted molar refractivity (Wildman–Crippen MR) is 115 cm³/mol. The molecule has 160 valence electrons. The lowest BCUT2D eigenvalue weighted by atomic mass is 9.81. The van der Waals surface area contributed by atoms with Crippen LogP contribution in [-0.4, -0.2) is 25.9 Å². The maximum atomic E-state index is 12.1. The molecule has 0 aliphatic heterocycles. The third-order valence-electron chi connectivity index (χ3n) is 5.10. The van der Waals surface area contributed by atoms with E-state index in [0.29, 0.717) is 28.5 Å². The van der Waals surface area contributed by atoms with Gasteiger partial charge in [-0.05, 0) is 70.8 Å². The Morgan fingerprint density at radius 3 is 1.90 bits per heavy atom. The lowest BCUT2D eigenvalue weighted by Crippen LogP contribution is -2.15. The Kier molecular flexibility index (Phi) is 6.09. The van der Waals surface area contributed by atoms with Crippen molar-refractivity contribution < 1.29 is 25.9 Å². The van der Waals surface area contributed by atoms with Crippen LogP contribution in [0.15, 0.2) is 34.6 Å². The number of allylic oxidation sites excluding steroid dienone is 1. The van der Waals surface area contributed by atoms with Crippen molar-refractivity contribution in [2.75, 3.05) is 0 Å². The van der Waals surface area contributed by atoms with E-state index in [0.717, 1.165) is 10.9 Å². The van der Waals surface area contributed by atoms with Crippen LogP contribution in [0.4, 0.5) is 0 Å². The second-order valence-electron chi connectivity index (χ2n) is 8.70. The molecule has 2 aromatic carbocycles. The van der Waals surface area contributed by atoms with Gasteiger partial charge in [-0.3, -0.25) is 9.11 Å². The van der Waals surface area contributed by atoms with Crippen LogP contribution in [0.3, 0.4) is 0 Å². The average Bonchev–Trinajstić information content (AvgIpc) is 2.53. The summed E-state index contributed by atoms with van der Waals surface area (Å²) in [6, 6.07) is 2.53. The number of hydrogen-bond acceptors (Lipinski definition) is 4. The van der Waals surface area contributed by atoms with Crippen LogP contribution in [0.5, 0.6) is 0 Å². The summed E-state index contributed by atoms with van der Waals surface area (Å²) in [6.45, 7) is 14.9. The van der Waals surface area contributed by atoms with Crippen LogP contribution in [0.2, 0.25) is 0 Å². The van der Waals surface area contributed by atoms with Crippen molar-refractivity contribution in [2.24, 2.45) is 5.41 Å². The monoisotopic (exact) mass is 440 g/mol. The number of hydrogen-bond donors (Lipinski definition) is 2. The molecule has 1 unspecified atom stereocenters. The fourth-order valence-corrected chi connectivity index (χ4v) is 5.52.